The Morgan fingerprint density at radius 1 is 1.13 bits per heavy atom. The first-order valence-corrected chi connectivity index (χ1v) is 10.0. The van der Waals surface area contributed by atoms with Crippen LogP contribution >= 0.6 is 0 Å². The highest BCUT2D eigenvalue weighted by molar-refractivity contribution is 6.06. The van der Waals surface area contributed by atoms with E-state index in [-0.39, 0.29) is 11.3 Å². The molecule has 0 unspecified atom stereocenters. The number of rotatable bonds is 8. The molecule has 7 heteroatoms. The minimum atomic E-state index is -0.460. The largest absolute Gasteiger partial charge is 0.497 e. The van der Waals surface area contributed by atoms with Crippen molar-refractivity contribution in [2.24, 2.45) is 5.10 Å². The molecule has 0 saturated heterocycles. The first-order valence-electron chi connectivity index (χ1n) is 10.0. The minimum absolute atomic E-state index is 0.184. The van der Waals surface area contributed by atoms with Crippen LogP contribution in [-0.2, 0) is 6.54 Å². The molecule has 1 aromatic heterocycles. The number of nitrogens with zero attached hydrogens (tertiary/aromatic N) is 3. The highest BCUT2D eigenvalue weighted by Gasteiger charge is 2.16. The van der Waals surface area contributed by atoms with Gasteiger partial charge in [0, 0.05) is 17.5 Å². The lowest BCUT2D eigenvalue weighted by Gasteiger charge is -2.10. The molecule has 0 bridgehead atoms. The van der Waals surface area contributed by atoms with E-state index in [1.807, 2.05) is 24.3 Å². The summed E-state index contributed by atoms with van der Waals surface area (Å²) in [5.41, 5.74) is 4.03. The third kappa shape index (κ3) is 4.74. The maximum absolute atomic E-state index is 12.9. The van der Waals surface area contributed by atoms with E-state index in [0.717, 1.165) is 24.8 Å². The van der Waals surface area contributed by atoms with Gasteiger partial charge in [0.2, 0.25) is 0 Å². The molecule has 0 fully saturated rings. The van der Waals surface area contributed by atoms with Crippen LogP contribution in [0.1, 0.15) is 49.2 Å². The number of nitrogens with one attached hydrogen (secondary N) is 1. The van der Waals surface area contributed by atoms with Crippen molar-refractivity contribution in [3.63, 3.8) is 0 Å². The molecule has 156 valence electrons. The van der Waals surface area contributed by atoms with Gasteiger partial charge >= 0.3 is 0 Å². The summed E-state index contributed by atoms with van der Waals surface area (Å²) in [6.07, 6.45) is 2.86. The van der Waals surface area contributed by atoms with E-state index in [9.17, 15) is 9.59 Å². The average molecular weight is 406 g/mol. The maximum Gasteiger partial charge on any atom is 0.292 e. The zero-order valence-electron chi connectivity index (χ0n) is 17.5. The maximum atomic E-state index is 12.9. The van der Waals surface area contributed by atoms with Gasteiger partial charge in [-0.1, -0.05) is 50.1 Å². The number of hydrazone groups is 1. The summed E-state index contributed by atoms with van der Waals surface area (Å²) in [6.45, 7) is 4.37. The second-order valence-corrected chi connectivity index (χ2v) is 7.00. The quantitative estimate of drug-likeness (QED) is 0.351. The Bertz CT molecular complexity index is 1130. The van der Waals surface area contributed by atoms with Crippen molar-refractivity contribution in [2.45, 2.75) is 39.7 Å². The molecule has 0 radical (unpaired) electrons. The van der Waals surface area contributed by atoms with Gasteiger partial charge in [0.1, 0.15) is 5.75 Å². The van der Waals surface area contributed by atoms with Gasteiger partial charge < -0.3 is 4.74 Å². The minimum Gasteiger partial charge on any atom is -0.497 e. The van der Waals surface area contributed by atoms with Gasteiger partial charge in [-0.2, -0.15) is 10.2 Å². The smallest absolute Gasteiger partial charge is 0.292 e. The zero-order valence-corrected chi connectivity index (χ0v) is 17.5. The first kappa shape index (κ1) is 21.2. The van der Waals surface area contributed by atoms with Crippen LogP contribution in [0.3, 0.4) is 0 Å². The molecule has 7 nitrogen and oxygen atoms in total. The third-order valence-corrected chi connectivity index (χ3v) is 4.87. The second-order valence-electron chi connectivity index (χ2n) is 7.00. The summed E-state index contributed by atoms with van der Waals surface area (Å²) < 4.78 is 6.61. The lowest BCUT2D eigenvalue weighted by atomic mass is 10.1. The Kier molecular flexibility index (Phi) is 6.95. The molecule has 0 spiro atoms. The summed E-state index contributed by atoms with van der Waals surface area (Å²) in [5.74, 6) is 0.248. The number of amides is 1. The van der Waals surface area contributed by atoms with Crippen LogP contribution in [0.25, 0.3) is 10.8 Å². The van der Waals surface area contributed by atoms with Gasteiger partial charge in [0.05, 0.1) is 18.2 Å². The van der Waals surface area contributed by atoms with Crippen LogP contribution in [0, 0.1) is 0 Å². The fraction of sp³-hybridized carbons (Fsp3) is 0.304. The van der Waals surface area contributed by atoms with Gasteiger partial charge in [-0.15, -0.1) is 0 Å². The van der Waals surface area contributed by atoms with E-state index in [0.29, 0.717) is 28.8 Å². The number of hydrogen-bond donors (Lipinski definition) is 1. The monoisotopic (exact) mass is 406 g/mol. The number of aromatic nitrogens is 2. The molecule has 0 atom stereocenters. The number of fused-ring (bicyclic) bond motifs is 1. The van der Waals surface area contributed by atoms with Crippen molar-refractivity contribution in [1.29, 1.82) is 0 Å². The highest BCUT2D eigenvalue weighted by atomic mass is 16.5. The Morgan fingerprint density at radius 3 is 2.63 bits per heavy atom. The molecule has 3 aromatic rings. The standard InChI is InChI=1S/C23H26N4O3/c1-4-5-8-14-27-23(29)20-13-7-6-12-19(20)21(26-27)22(28)25-24-16(2)17-10-9-11-18(15-17)30-3/h6-7,9-13,15H,4-5,8,14H2,1-3H3,(H,25,28)/b24-16-. The van der Waals surface area contributed by atoms with Gasteiger partial charge in [-0.25, -0.2) is 10.1 Å². The number of aryl methyl sites for hydroxylation is 1. The van der Waals surface area contributed by atoms with Gasteiger partial charge in [-0.05, 0) is 31.5 Å². The zero-order chi connectivity index (χ0) is 21.5. The number of methoxy groups -OCH3 is 1. The average Bonchev–Trinajstić information content (AvgIpc) is 2.79. The molecule has 1 heterocycles. The van der Waals surface area contributed by atoms with Crippen LogP contribution in [-0.4, -0.2) is 28.5 Å². The fourth-order valence-corrected chi connectivity index (χ4v) is 3.17. The van der Waals surface area contributed by atoms with Crippen molar-refractivity contribution >= 4 is 22.4 Å². The number of unbranched alkanes of at least 4 members (excludes halogenated alkanes) is 2. The van der Waals surface area contributed by atoms with E-state index < -0.39 is 5.91 Å². The number of carbonyl (C=O) groups excluding carboxylic acids is 1. The van der Waals surface area contributed by atoms with E-state index in [2.05, 4.69) is 22.5 Å². The van der Waals surface area contributed by atoms with Crippen molar-refractivity contribution in [1.82, 2.24) is 15.2 Å². The van der Waals surface area contributed by atoms with Gasteiger partial charge in [-0.3, -0.25) is 9.59 Å². The van der Waals surface area contributed by atoms with Crippen LogP contribution in [0.4, 0.5) is 0 Å². The summed E-state index contributed by atoms with van der Waals surface area (Å²) in [6, 6.07) is 14.4. The predicted molar refractivity (Wildman–Crippen MR) is 118 cm³/mol. The first-order chi connectivity index (χ1) is 14.5. The van der Waals surface area contributed by atoms with Crippen LogP contribution in [0.5, 0.6) is 5.75 Å². The van der Waals surface area contributed by atoms with E-state index >= 15 is 0 Å². The lowest BCUT2D eigenvalue weighted by Crippen LogP contribution is -2.29. The third-order valence-electron chi connectivity index (χ3n) is 4.87. The predicted octanol–water partition coefficient (Wildman–Crippen LogP) is 3.75. The number of carbonyl (C=O) groups is 1. The van der Waals surface area contributed by atoms with Gasteiger partial charge in [0.15, 0.2) is 5.69 Å². The molecule has 0 aliphatic heterocycles. The Hall–Kier alpha value is -3.48. The number of ether oxygens (including phenoxy) is 1. The summed E-state index contributed by atoms with van der Waals surface area (Å²) in [5, 5.41) is 9.56. The number of benzene rings is 2. The van der Waals surface area contributed by atoms with Crippen molar-refractivity contribution < 1.29 is 9.53 Å². The normalized spacial score (nSPS) is 11.5. The molecule has 0 aliphatic carbocycles. The van der Waals surface area contributed by atoms with E-state index in [4.69, 9.17) is 4.74 Å². The topological polar surface area (TPSA) is 85.6 Å². The van der Waals surface area contributed by atoms with E-state index in [1.165, 1.54) is 4.68 Å². The fourth-order valence-electron chi connectivity index (χ4n) is 3.17. The summed E-state index contributed by atoms with van der Waals surface area (Å²) >= 11 is 0. The number of hydrogen-bond acceptors (Lipinski definition) is 5. The second kappa shape index (κ2) is 9.82. The van der Waals surface area contributed by atoms with Crippen molar-refractivity contribution in [2.75, 3.05) is 7.11 Å². The lowest BCUT2D eigenvalue weighted by molar-refractivity contribution is 0.0949. The van der Waals surface area contributed by atoms with Gasteiger partial charge in [0.25, 0.3) is 11.5 Å². The van der Waals surface area contributed by atoms with Crippen LogP contribution in [0.15, 0.2) is 58.4 Å². The Morgan fingerprint density at radius 2 is 1.90 bits per heavy atom. The molecular weight excluding hydrogens is 380 g/mol. The molecule has 30 heavy (non-hydrogen) atoms. The molecular formula is C23H26N4O3. The molecule has 1 amide bonds. The highest BCUT2D eigenvalue weighted by Crippen LogP contribution is 2.15. The summed E-state index contributed by atoms with van der Waals surface area (Å²) in [7, 11) is 1.60. The molecule has 3 rings (SSSR count). The molecule has 0 aliphatic rings. The van der Waals surface area contributed by atoms with Crippen LogP contribution in [0.2, 0.25) is 0 Å². The van der Waals surface area contributed by atoms with E-state index in [1.54, 1.807) is 38.3 Å². The molecule has 1 N–H and O–H groups in total. The molecule has 0 saturated carbocycles. The summed E-state index contributed by atoms with van der Waals surface area (Å²) in [4.78, 5) is 25.6. The van der Waals surface area contributed by atoms with Crippen molar-refractivity contribution in [3.05, 3.63) is 70.1 Å². The Balaban J connectivity index is 1.91. The Labute approximate surface area is 175 Å². The molecule has 2 aromatic carbocycles. The van der Waals surface area contributed by atoms with Crippen LogP contribution < -0.4 is 15.7 Å². The van der Waals surface area contributed by atoms with Crippen molar-refractivity contribution in [3.8, 4) is 5.75 Å². The SMILES string of the molecule is CCCCCn1nc(C(=O)N/N=C(/C)c2cccc(OC)c2)c2ccccc2c1=O.